The average Bonchev–Trinajstić information content (AvgIpc) is 3.54. The number of nitrogens with one attached hydrogen (secondary N) is 1. The van der Waals surface area contributed by atoms with Crippen LogP contribution in [0.2, 0.25) is 5.02 Å². The lowest BCUT2D eigenvalue weighted by atomic mass is 9.83. The van der Waals surface area contributed by atoms with E-state index in [1.807, 2.05) is 6.07 Å². The summed E-state index contributed by atoms with van der Waals surface area (Å²) in [5.41, 5.74) is -1.32. The molecule has 13 heteroatoms. The Morgan fingerprint density at radius 2 is 1.82 bits per heavy atom. The Morgan fingerprint density at radius 3 is 2.50 bits per heavy atom. The summed E-state index contributed by atoms with van der Waals surface area (Å²) in [7, 11) is 0. The van der Waals surface area contributed by atoms with Crippen LogP contribution in [0.15, 0.2) is 54.7 Å². The van der Waals surface area contributed by atoms with Crippen LogP contribution in [0.5, 0.6) is 0 Å². The normalized spacial score (nSPS) is 22.2. The highest BCUT2D eigenvalue weighted by molar-refractivity contribution is 6.31. The number of rotatable bonds is 6. The topological polar surface area (TPSA) is 106 Å². The minimum absolute atomic E-state index is 0.0142. The largest absolute Gasteiger partial charge is 0.351 e. The summed E-state index contributed by atoms with van der Waals surface area (Å²) < 4.78 is 57.0. The first-order valence-electron chi connectivity index (χ1n) is 13.9. The molecule has 1 saturated heterocycles. The van der Waals surface area contributed by atoms with Gasteiger partial charge in [0, 0.05) is 42.6 Å². The van der Waals surface area contributed by atoms with Crippen LogP contribution in [-0.4, -0.2) is 40.7 Å². The number of hydrogen-bond acceptors (Lipinski definition) is 5. The van der Waals surface area contributed by atoms with Crippen LogP contribution in [-0.2, 0) is 26.3 Å². The second-order valence-corrected chi connectivity index (χ2v) is 11.6. The second kappa shape index (κ2) is 10.9. The maximum atomic E-state index is 14.8. The fourth-order valence-electron chi connectivity index (χ4n) is 6.46. The number of carbonyl (C=O) groups is 3. The molecule has 1 aliphatic heterocycles. The maximum absolute atomic E-state index is 14.8. The molecule has 6 rings (SSSR count). The molecule has 2 atom stereocenters. The number of pyridine rings is 1. The molecule has 1 saturated carbocycles. The zero-order chi connectivity index (χ0) is 31.4. The zero-order valence-corrected chi connectivity index (χ0v) is 23.8. The molecule has 1 aromatic heterocycles. The first-order valence-corrected chi connectivity index (χ1v) is 14.3. The van der Waals surface area contributed by atoms with Crippen molar-refractivity contribution in [3.8, 4) is 6.07 Å². The van der Waals surface area contributed by atoms with Gasteiger partial charge in [-0.05, 0) is 60.7 Å². The van der Waals surface area contributed by atoms with Crippen molar-refractivity contribution in [1.29, 1.82) is 5.26 Å². The van der Waals surface area contributed by atoms with Gasteiger partial charge in [0.2, 0.25) is 5.91 Å². The summed E-state index contributed by atoms with van der Waals surface area (Å²) in [4.78, 5) is 48.5. The number of aromatic nitrogens is 1. The van der Waals surface area contributed by atoms with E-state index in [-0.39, 0.29) is 48.3 Å². The third-order valence-corrected chi connectivity index (χ3v) is 8.78. The highest BCUT2D eigenvalue weighted by atomic mass is 35.5. The van der Waals surface area contributed by atoms with Gasteiger partial charge in [-0.25, -0.2) is 22.5 Å². The van der Waals surface area contributed by atoms with Gasteiger partial charge in [-0.3, -0.25) is 24.2 Å². The maximum Gasteiger partial charge on any atom is 0.252 e. The molecular weight excluding hydrogens is 602 g/mol. The summed E-state index contributed by atoms with van der Waals surface area (Å²) in [6.07, 6.45) is 0.0758. The summed E-state index contributed by atoms with van der Waals surface area (Å²) in [5, 5.41) is 12.3. The first-order chi connectivity index (χ1) is 20.9. The summed E-state index contributed by atoms with van der Waals surface area (Å²) in [6.45, 7) is 0. The smallest absolute Gasteiger partial charge is 0.252 e. The Balaban J connectivity index is 1.53. The number of fused-ring (bicyclic) bond motifs is 1. The number of anilines is 2. The van der Waals surface area contributed by atoms with E-state index in [1.54, 1.807) is 18.2 Å². The van der Waals surface area contributed by atoms with Gasteiger partial charge >= 0.3 is 0 Å². The van der Waals surface area contributed by atoms with Gasteiger partial charge in [0.15, 0.2) is 5.54 Å². The number of amides is 3. The average molecular weight is 626 g/mol. The van der Waals surface area contributed by atoms with Crippen LogP contribution >= 0.6 is 11.6 Å². The predicted molar refractivity (Wildman–Crippen MR) is 151 cm³/mol. The van der Waals surface area contributed by atoms with Crippen molar-refractivity contribution in [2.75, 3.05) is 9.80 Å². The molecule has 3 aliphatic rings. The van der Waals surface area contributed by atoms with E-state index in [1.165, 1.54) is 18.3 Å². The molecule has 0 radical (unpaired) electrons. The minimum atomic E-state index is -2.96. The van der Waals surface area contributed by atoms with E-state index >= 15 is 0 Å². The Hall–Kier alpha value is -4.50. The number of hydrogen-bond donors (Lipinski definition) is 1. The fraction of sp³-hybridized carbons (Fsp3) is 0.323. The number of halogens is 5. The Kier molecular flexibility index (Phi) is 7.32. The quantitative estimate of drug-likeness (QED) is 0.381. The van der Waals surface area contributed by atoms with E-state index in [0.29, 0.717) is 16.7 Å². The van der Waals surface area contributed by atoms with Crippen LogP contribution in [0, 0.1) is 23.0 Å². The summed E-state index contributed by atoms with van der Waals surface area (Å²) in [6, 6.07) is 9.64. The number of nitrogens with zero attached hydrogens (tertiary/aromatic N) is 4. The van der Waals surface area contributed by atoms with Crippen LogP contribution in [0.3, 0.4) is 0 Å². The van der Waals surface area contributed by atoms with Crippen LogP contribution in [0.4, 0.5) is 29.1 Å². The molecule has 8 nitrogen and oxygen atoms in total. The van der Waals surface area contributed by atoms with E-state index < -0.39 is 65.7 Å². The van der Waals surface area contributed by atoms with Crippen LogP contribution in [0.25, 0.3) is 0 Å². The second-order valence-electron chi connectivity index (χ2n) is 11.2. The summed E-state index contributed by atoms with van der Waals surface area (Å²) in [5.74, 6) is -7.16. The summed E-state index contributed by atoms with van der Waals surface area (Å²) >= 11 is 6.50. The number of benzene rings is 2. The molecule has 2 aliphatic carbocycles. The van der Waals surface area contributed by atoms with E-state index in [4.69, 9.17) is 11.6 Å². The molecule has 44 heavy (non-hydrogen) atoms. The van der Waals surface area contributed by atoms with Crippen molar-refractivity contribution in [2.24, 2.45) is 0 Å². The van der Waals surface area contributed by atoms with Gasteiger partial charge in [-0.1, -0.05) is 23.7 Å². The predicted octanol–water partition coefficient (Wildman–Crippen LogP) is 5.17. The molecule has 3 aromatic rings. The Morgan fingerprint density at radius 1 is 1.09 bits per heavy atom. The number of carbonyl (C=O) groups excluding carboxylic acids is 3. The van der Waals surface area contributed by atoms with Crippen molar-refractivity contribution < 1.29 is 31.9 Å². The third-order valence-electron chi connectivity index (χ3n) is 8.43. The molecule has 0 bridgehead atoms. The standard InChI is InChI=1S/C31H24ClF4N5O3/c32-24-3-1-2-23-22(24)6-8-31(23,29(44)39-20-14-30(35,36)15-20)41(21-12-18(33)11-19(34)13-21)28(43)25-4-5-27(42)40(25)26-10-17(16-37)7-9-38-26/h1-3,7,9-13,20,25H,4-6,8,14-15H2,(H,39,44)/t25-,31-/m0/s1. The van der Waals surface area contributed by atoms with Crippen molar-refractivity contribution in [2.45, 2.75) is 62.1 Å². The lowest BCUT2D eigenvalue weighted by Crippen LogP contribution is -2.64. The van der Waals surface area contributed by atoms with Crippen LogP contribution < -0.4 is 15.1 Å². The Bertz CT molecular complexity index is 1720. The van der Waals surface area contributed by atoms with Crippen molar-refractivity contribution >= 4 is 40.8 Å². The minimum Gasteiger partial charge on any atom is -0.351 e. The molecule has 0 unspecified atom stereocenters. The third kappa shape index (κ3) is 4.95. The van der Waals surface area contributed by atoms with Gasteiger partial charge in [0.1, 0.15) is 23.5 Å². The van der Waals surface area contributed by atoms with Crippen molar-refractivity contribution in [3.05, 3.63) is 88.1 Å². The number of nitriles is 1. The van der Waals surface area contributed by atoms with E-state index in [2.05, 4.69) is 10.3 Å². The van der Waals surface area contributed by atoms with Crippen molar-refractivity contribution in [1.82, 2.24) is 10.3 Å². The van der Waals surface area contributed by atoms with Gasteiger partial charge in [-0.2, -0.15) is 5.26 Å². The first kappa shape index (κ1) is 29.6. The van der Waals surface area contributed by atoms with Gasteiger partial charge in [0.05, 0.1) is 17.3 Å². The lowest BCUT2D eigenvalue weighted by molar-refractivity contribution is -0.137. The molecule has 2 fully saturated rings. The molecule has 1 N–H and O–H groups in total. The SMILES string of the molecule is N#Cc1ccnc(N2C(=O)CC[C@H]2C(=O)N(c2cc(F)cc(F)c2)[C@@]2(C(=O)NC3CC(F)(F)C3)CCc3c(Cl)cccc32)c1. The highest BCUT2D eigenvalue weighted by Gasteiger charge is 2.57. The van der Waals surface area contributed by atoms with Gasteiger partial charge < -0.3 is 5.32 Å². The lowest BCUT2D eigenvalue weighted by Gasteiger charge is -2.45. The number of alkyl halides is 2. The van der Waals surface area contributed by atoms with Crippen LogP contribution in [0.1, 0.15) is 48.8 Å². The van der Waals surface area contributed by atoms with Crippen molar-refractivity contribution in [3.63, 3.8) is 0 Å². The van der Waals surface area contributed by atoms with Gasteiger partial charge in [-0.15, -0.1) is 0 Å². The highest BCUT2D eigenvalue weighted by Crippen LogP contribution is 2.48. The molecule has 2 heterocycles. The van der Waals surface area contributed by atoms with E-state index in [9.17, 15) is 37.2 Å². The molecule has 3 amide bonds. The fourth-order valence-corrected chi connectivity index (χ4v) is 6.73. The molecule has 2 aromatic carbocycles. The van der Waals surface area contributed by atoms with Gasteiger partial charge in [0.25, 0.3) is 17.7 Å². The Labute approximate surface area is 254 Å². The molecule has 226 valence electrons. The molecule has 0 spiro atoms. The zero-order valence-electron chi connectivity index (χ0n) is 23.0. The molecular formula is C31H24ClF4N5O3. The monoisotopic (exact) mass is 625 g/mol. The van der Waals surface area contributed by atoms with E-state index in [0.717, 1.165) is 21.9 Å².